The minimum Gasteiger partial charge on any atom is -0.444 e. The second kappa shape index (κ2) is 9.75. The number of likely N-dealkylation sites (tertiary alicyclic amines) is 1. The molecule has 33 heavy (non-hydrogen) atoms. The Bertz CT molecular complexity index is 931. The van der Waals surface area contributed by atoms with Crippen LogP contribution in [0, 0.1) is 18.3 Å². The molecule has 2 aromatic rings. The Morgan fingerprint density at radius 2 is 1.52 bits per heavy atom. The summed E-state index contributed by atoms with van der Waals surface area (Å²) in [5, 5.41) is 2.31. The lowest BCUT2D eigenvalue weighted by molar-refractivity contribution is 0.0181. The second-order valence-electron chi connectivity index (χ2n) is 10.9. The van der Waals surface area contributed by atoms with E-state index < -0.39 is 13.9 Å². The highest BCUT2D eigenvalue weighted by atomic mass is 28.4. The highest BCUT2D eigenvalue weighted by Gasteiger charge is 2.51. The van der Waals surface area contributed by atoms with Gasteiger partial charge in [-0.15, -0.1) is 12.3 Å². The van der Waals surface area contributed by atoms with E-state index in [-0.39, 0.29) is 23.1 Å². The number of carbonyl (C=O) groups is 1. The van der Waals surface area contributed by atoms with E-state index in [2.05, 4.69) is 75.2 Å². The van der Waals surface area contributed by atoms with Crippen LogP contribution >= 0.6 is 0 Å². The van der Waals surface area contributed by atoms with Crippen molar-refractivity contribution >= 4 is 24.8 Å². The summed E-state index contributed by atoms with van der Waals surface area (Å²) in [6.45, 7) is 13.3. The van der Waals surface area contributed by atoms with Crippen LogP contribution < -0.4 is 10.4 Å². The van der Waals surface area contributed by atoms with Gasteiger partial charge in [-0.05, 0) is 42.6 Å². The van der Waals surface area contributed by atoms with Gasteiger partial charge in [0.2, 0.25) is 0 Å². The summed E-state index contributed by atoms with van der Waals surface area (Å²) in [6, 6.07) is 21.0. The molecular formula is C28H37NO3Si. The molecule has 1 aliphatic rings. The number of ether oxygens (including phenoxy) is 1. The summed E-state index contributed by atoms with van der Waals surface area (Å²) < 4.78 is 12.8. The average Bonchev–Trinajstić information content (AvgIpc) is 3.17. The predicted octanol–water partition coefficient (Wildman–Crippen LogP) is 4.82. The number of nitrogens with zero attached hydrogens (tertiary/aromatic N) is 1. The van der Waals surface area contributed by atoms with Crippen molar-refractivity contribution in [3.05, 3.63) is 60.7 Å². The fraction of sp³-hybridized carbons (Fsp3) is 0.464. The van der Waals surface area contributed by atoms with E-state index in [4.69, 9.17) is 15.6 Å². The van der Waals surface area contributed by atoms with Crippen molar-refractivity contribution in [1.29, 1.82) is 0 Å². The molecule has 176 valence electrons. The normalized spacial score (nSPS) is 19.2. The number of hydrogen-bond donors (Lipinski definition) is 0. The molecule has 1 unspecified atom stereocenters. The summed E-state index contributed by atoms with van der Waals surface area (Å²) in [5.74, 6) is 2.84. The van der Waals surface area contributed by atoms with E-state index in [1.807, 2.05) is 32.9 Å². The van der Waals surface area contributed by atoms with Gasteiger partial charge in [-0.25, -0.2) is 4.79 Å². The quantitative estimate of drug-likeness (QED) is 0.471. The van der Waals surface area contributed by atoms with Gasteiger partial charge in [0.05, 0.1) is 12.6 Å². The van der Waals surface area contributed by atoms with E-state index >= 15 is 0 Å². The first-order chi connectivity index (χ1) is 15.5. The molecule has 1 aliphatic heterocycles. The van der Waals surface area contributed by atoms with Crippen LogP contribution in [0.4, 0.5) is 4.79 Å². The molecule has 0 N–H and O–H groups in total. The van der Waals surface area contributed by atoms with Crippen molar-refractivity contribution in [2.75, 3.05) is 13.2 Å². The first-order valence-corrected chi connectivity index (χ1v) is 13.6. The fourth-order valence-corrected chi connectivity index (χ4v) is 9.32. The van der Waals surface area contributed by atoms with Crippen molar-refractivity contribution in [1.82, 2.24) is 4.90 Å². The lowest BCUT2D eigenvalue weighted by Crippen LogP contribution is -2.67. The fourth-order valence-electron chi connectivity index (χ4n) is 4.72. The van der Waals surface area contributed by atoms with E-state index in [0.717, 1.165) is 0 Å². The molecule has 3 rings (SSSR count). The van der Waals surface area contributed by atoms with Gasteiger partial charge < -0.3 is 14.1 Å². The molecule has 0 aromatic heterocycles. The Hall–Kier alpha value is -2.55. The van der Waals surface area contributed by atoms with Crippen molar-refractivity contribution in [2.24, 2.45) is 5.92 Å². The van der Waals surface area contributed by atoms with Crippen LogP contribution in [0.1, 0.15) is 48.0 Å². The van der Waals surface area contributed by atoms with Crippen LogP contribution in [0.25, 0.3) is 0 Å². The Morgan fingerprint density at radius 1 is 1.00 bits per heavy atom. The van der Waals surface area contributed by atoms with Crippen molar-refractivity contribution in [2.45, 2.75) is 64.6 Å². The van der Waals surface area contributed by atoms with Gasteiger partial charge in [0.1, 0.15) is 5.60 Å². The van der Waals surface area contributed by atoms with Gasteiger partial charge in [0.25, 0.3) is 8.32 Å². The van der Waals surface area contributed by atoms with Crippen molar-refractivity contribution in [3.8, 4) is 12.3 Å². The van der Waals surface area contributed by atoms with E-state index in [1.54, 1.807) is 4.90 Å². The SMILES string of the molecule is C#CC1C[C@H](CO[Si](c2ccccc2)(c2ccccc2)C(C)(C)C)N(C(=O)OC(C)(C)C)C1. The molecule has 1 saturated heterocycles. The number of benzene rings is 2. The lowest BCUT2D eigenvalue weighted by Gasteiger charge is -2.44. The van der Waals surface area contributed by atoms with Crippen LogP contribution in [0.3, 0.4) is 0 Å². The molecule has 0 spiro atoms. The number of terminal acetylenes is 1. The number of carbonyl (C=O) groups excluding carboxylic acids is 1. The molecular weight excluding hydrogens is 426 g/mol. The maximum absolute atomic E-state index is 13.0. The van der Waals surface area contributed by atoms with Gasteiger partial charge in [-0.2, -0.15) is 0 Å². The van der Waals surface area contributed by atoms with Gasteiger partial charge in [0, 0.05) is 12.5 Å². The van der Waals surface area contributed by atoms with Crippen molar-refractivity contribution < 1.29 is 14.0 Å². The summed E-state index contributed by atoms with van der Waals surface area (Å²) >= 11 is 0. The molecule has 0 aliphatic carbocycles. The van der Waals surface area contributed by atoms with E-state index in [9.17, 15) is 4.79 Å². The Labute approximate surface area is 200 Å². The molecule has 1 heterocycles. The minimum absolute atomic E-state index is 0.00488. The molecule has 1 fully saturated rings. The minimum atomic E-state index is -2.69. The number of hydrogen-bond acceptors (Lipinski definition) is 3. The molecule has 2 atom stereocenters. The molecule has 5 heteroatoms. The summed E-state index contributed by atoms with van der Waals surface area (Å²) in [4.78, 5) is 14.8. The third kappa shape index (κ3) is 5.51. The first-order valence-electron chi connectivity index (χ1n) is 11.7. The predicted molar refractivity (Wildman–Crippen MR) is 137 cm³/mol. The monoisotopic (exact) mass is 463 g/mol. The molecule has 0 saturated carbocycles. The Kier molecular flexibility index (Phi) is 7.41. The average molecular weight is 464 g/mol. The number of amides is 1. The van der Waals surface area contributed by atoms with Crippen LogP contribution in [-0.4, -0.2) is 44.1 Å². The van der Waals surface area contributed by atoms with Crippen LogP contribution in [0.5, 0.6) is 0 Å². The smallest absolute Gasteiger partial charge is 0.410 e. The van der Waals surface area contributed by atoms with Crippen LogP contribution in [-0.2, 0) is 9.16 Å². The molecule has 4 nitrogen and oxygen atoms in total. The Balaban J connectivity index is 1.98. The summed E-state index contributed by atoms with van der Waals surface area (Å²) in [7, 11) is -2.69. The molecule has 1 amide bonds. The molecule has 0 bridgehead atoms. The topological polar surface area (TPSA) is 38.8 Å². The molecule has 2 aromatic carbocycles. The van der Waals surface area contributed by atoms with Crippen LogP contribution in [0.15, 0.2) is 60.7 Å². The van der Waals surface area contributed by atoms with E-state index in [0.29, 0.717) is 19.6 Å². The largest absolute Gasteiger partial charge is 0.444 e. The maximum Gasteiger partial charge on any atom is 0.410 e. The first kappa shape index (κ1) is 25.1. The second-order valence-corrected chi connectivity index (χ2v) is 15.2. The van der Waals surface area contributed by atoms with Gasteiger partial charge in [-0.1, -0.05) is 81.4 Å². The zero-order valence-corrected chi connectivity index (χ0v) is 21.8. The highest BCUT2D eigenvalue weighted by Crippen LogP contribution is 2.37. The van der Waals surface area contributed by atoms with Gasteiger partial charge in [0.15, 0.2) is 0 Å². The molecule has 0 radical (unpaired) electrons. The van der Waals surface area contributed by atoms with Crippen molar-refractivity contribution in [3.63, 3.8) is 0 Å². The van der Waals surface area contributed by atoms with Crippen LogP contribution in [0.2, 0.25) is 5.04 Å². The summed E-state index contributed by atoms with van der Waals surface area (Å²) in [5.41, 5.74) is -0.561. The highest BCUT2D eigenvalue weighted by molar-refractivity contribution is 6.99. The zero-order chi connectivity index (χ0) is 24.3. The zero-order valence-electron chi connectivity index (χ0n) is 20.8. The van der Waals surface area contributed by atoms with Gasteiger partial charge in [-0.3, -0.25) is 0 Å². The summed E-state index contributed by atoms with van der Waals surface area (Å²) in [6.07, 6.45) is 6.15. The third-order valence-electron chi connectivity index (χ3n) is 6.19. The Morgan fingerprint density at radius 3 is 1.94 bits per heavy atom. The third-order valence-corrected chi connectivity index (χ3v) is 11.2. The maximum atomic E-state index is 13.0. The number of rotatable bonds is 5. The standard InChI is InChI=1S/C28H37NO3Si/c1-8-22-19-23(29(20-22)26(30)32-27(2,3)4)21-31-33(28(5,6)7,24-15-11-9-12-16-24)25-17-13-10-14-18-25/h1,9-18,22-23H,19-21H2,2-7H3/t22?,23-/m1/s1. The van der Waals surface area contributed by atoms with Gasteiger partial charge >= 0.3 is 6.09 Å². The lowest BCUT2D eigenvalue weighted by atomic mass is 10.1. The van der Waals surface area contributed by atoms with E-state index in [1.165, 1.54) is 10.4 Å².